The summed E-state index contributed by atoms with van der Waals surface area (Å²) in [7, 11) is 0. The van der Waals surface area contributed by atoms with Crippen LogP contribution in [-0.4, -0.2) is 0 Å². The molecule has 0 nitrogen and oxygen atoms in total. The van der Waals surface area contributed by atoms with Crippen molar-refractivity contribution in [2.24, 2.45) is 0 Å². The van der Waals surface area contributed by atoms with Crippen LogP contribution in [0.2, 0.25) is 0 Å². The van der Waals surface area contributed by atoms with Crippen LogP contribution in [-0.2, 0) is 6.42 Å². The number of hydrogen-bond donors (Lipinski definition) is 0. The van der Waals surface area contributed by atoms with Gasteiger partial charge in [0.2, 0.25) is 0 Å². The highest BCUT2D eigenvalue weighted by Crippen LogP contribution is 2.48. The first-order valence-electron chi connectivity index (χ1n) is 7.97. The van der Waals surface area contributed by atoms with E-state index in [2.05, 4.69) is 60.5 Å². The summed E-state index contributed by atoms with van der Waals surface area (Å²) >= 11 is 0. The van der Waals surface area contributed by atoms with E-state index < -0.39 is 0 Å². The van der Waals surface area contributed by atoms with Crippen molar-refractivity contribution in [3.8, 4) is 12.3 Å². The van der Waals surface area contributed by atoms with Gasteiger partial charge in [0.15, 0.2) is 0 Å². The van der Waals surface area contributed by atoms with Crippen molar-refractivity contribution in [2.45, 2.75) is 6.42 Å². The van der Waals surface area contributed by atoms with E-state index >= 15 is 0 Å². The zero-order chi connectivity index (χ0) is 15.1. The molecule has 23 heavy (non-hydrogen) atoms. The lowest BCUT2D eigenvalue weighted by atomic mass is 9.94. The lowest BCUT2D eigenvalue weighted by molar-refractivity contribution is 1.37. The van der Waals surface area contributed by atoms with E-state index in [4.69, 9.17) is 6.42 Å². The van der Waals surface area contributed by atoms with E-state index in [-0.39, 0.29) is 0 Å². The van der Waals surface area contributed by atoms with Crippen molar-refractivity contribution in [1.29, 1.82) is 0 Å². The van der Waals surface area contributed by atoms with E-state index in [9.17, 15) is 0 Å². The van der Waals surface area contributed by atoms with Gasteiger partial charge in [0.05, 0.1) is 0 Å². The number of hydrogen-bond acceptors (Lipinski definition) is 0. The summed E-state index contributed by atoms with van der Waals surface area (Å²) in [6.07, 6.45) is 6.30. The van der Waals surface area contributed by atoms with E-state index in [0.717, 1.165) is 0 Å². The fourth-order valence-corrected chi connectivity index (χ4v) is 4.50. The van der Waals surface area contributed by atoms with Crippen LogP contribution in [0.3, 0.4) is 0 Å². The predicted molar refractivity (Wildman–Crippen MR) is 100 cm³/mol. The number of rotatable bonds is 1. The van der Waals surface area contributed by atoms with E-state index in [1.807, 2.05) is 0 Å². The van der Waals surface area contributed by atoms with E-state index in [1.54, 1.807) is 0 Å². The van der Waals surface area contributed by atoms with E-state index in [0.29, 0.717) is 6.42 Å². The van der Waals surface area contributed by atoms with Crippen LogP contribution in [0.25, 0.3) is 53.9 Å². The van der Waals surface area contributed by atoms with Crippen LogP contribution in [0, 0.1) is 12.3 Å². The second kappa shape index (κ2) is 3.65. The number of benzene rings is 5. The molecule has 0 bridgehead atoms. The number of terminal acetylenes is 1. The molecular formula is C23H12. The first-order chi connectivity index (χ1) is 11.4. The molecule has 0 fully saturated rings. The van der Waals surface area contributed by atoms with Crippen molar-refractivity contribution < 1.29 is 0 Å². The molecule has 0 amide bonds. The summed E-state index contributed by atoms with van der Waals surface area (Å²) in [5.74, 6) is 2.83. The average Bonchev–Trinajstić information content (AvgIpc) is 2.95. The minimum atomic E-state index is 0.683. The van der Waals surface area contributed by atoms with Gasteiger partial charge in [0, 0.05) is 6.42 Å². The molecule has 0 N–H and O–H groups in total. The first kappa shape index (κ1) is 11.5. The van der Waals surface area contributed by atoms with Gasteiger partial charge in [0.25, 0.3) is 0 Å². The molecule has 6 aromatic carbocycles. The van der Waals surface area contributed by atoms with Crippen molar-refractivity contribution in [3.05, 3.63) is 60.2 Å². The van der Waals surface area contributed by atoms with Crippen molar-refractivity contribution >= 4 is 53.9 Å². The van der Waals surface area contributed by atoms with Crippen LogP contribution in [0.4, 0.5) is 0 Å². The molecule has 0 spiro atoms. The monoisotopic (exact) mass is 288 g/mol. The third-order valence-electron chi connectivity index (χ3n) is 5.40. The smallest absolute Gasteiger partial charge is 0.0344 e. The predicted octanol–water partition coefficient (Wildman–Crippen LogP) is 5.94. The molecule has 0 unspecified atom stereocenters. The molecule has 104 valence electrons. The lowest BCUT2D eigenvalue weighted by Gasteiger charge is -2.09. The standard InChI is InChI=1S/C23H12/c1-2-3-16-12-17-9-8-14-5-4-13-6-7-15-10-11-18(16)23-21(15)19(13)20(14)22(17)23/h1,4-12H,3H2. The van der Waals surface area contributed by atoms with Crippen LogP contribution in [0.15, 0.2) is 54.6 Å². The quantitative estimate of drug-likeness (QED) is 0.259. The summed E-state index contributed by atoms with van der Waals surface area (Å²) in [6, 6.07) is 20.2. The molecule has 0 aliphatic heterocycles. The lowest BCUT2D eigenvalue weighted by Crippen LogP contribution is -1.86. The molecule has 0 heteroatoms. The van der Waals surface area contributed by atoms with Crippen molar-refractivity contribution in [3.63, 3.8) is 0 Å². The zero-order valence-electron chi connectivity index (χ0n) is 12.5. The third-order valence-corrected chi connectivity index (χ3v) is 5.40. The molecule has 0 saturated carbocycles. The Morgan fingerprint density at radius 1 is 0.609 bits per heavy atom. The Hall–Kier alpha value is -3.04. The minimum absolute atomic E-state index is 0.683. The molecule has 0 atom stereocenters. The van der Waals surface area contributed by atoms with E-state index in [1.165, 1.54) is 59.4 Å². The van der Waals surface area contributed by atoms with Gasteiger partial charge in [-0.1, -0.05) is 48.5 Å². The van der Waals surface area contributed by atoms with Crippen LogP contribution < -0.4 is 0 Å². The zero-order valence-corrected chi connectivity index (χ0v) is 12.5. The largest absolute Gasteiger partial charge is 0.120 e. The first-order valence-corrected chi connectivity index (χ1v) is 7.97. The highest BCUT2D eigenvalue weighted by atomic mass is 14.2. The molecule has 0 radical (unpaired) electrons. The van der Waals surface area contributed by atoms with Crippen LogP contribution in [0.1, 0.15) is 5.56 Å². The normalized spacial score (nSPS) is 12.5. The maximum absolute atomic E-state index is 5.62. The van der Waals surface area contributed by atoms with Gasteiger partial charge in [-0.2, -0.15) is 0 Å². The van der Waals surface area contributed by atoms with Gasteiger partial charge in [0.1, 0.15) is 0 Å². The molecule has 0 saturated heterocycles. The molecule has 0 heterocycles. The maximum atomic E-state index is 5.62. The van der Waals surface area contributed by atoms with Crippen LogP contribution in [0.5, 0.6) is 0 Å². The Bertz CT molecular complexity index is 1340. The fraction of sp³-hybridized carbons (Fsp3) is 0.0435. The molecule has 0 aliphatic carbocycles. The summed E-state index contributed by atoms with van der Waals surface area (Å²) in [5, 5.41) is 13.7. The summed E-state index contributed by atoms with van der Waals surface area (Å²) in [6.45, 7) is 0. The Balaban J connectivity index is 2.11. The Kier molecular flexibility index (Phi) is 1.83. The fourth-order valence-electron chi connectivity index (χ4n) is 4.50. The van der Waals surface area contributed by atoms with Crippen LogP contribution >= 0.6 is 0 Å². The third kappa shape index (κ3) is 1.18. The minimum Gasteiger partial charge on any atom is -0.120 e. The Morgan fingerprint density at radius 3 is 1.70 bits per heavy atom. The Morgan fingerprint density at radius 2 is 1.09 bits per heavy atom. The highest BCUT2D eigenvalue weighted by Gasteiger charge is 2.20. The van der Waals surface area contributed by atoms with Gasteiger partial charge in [-0.05, 0) is 65.5 Å². The SMILES string of the molecule is C#CCc1cc2ccc3ccc4ccc5ccc1c1c5c4c3c21. The topological polar surface area (TPSA) is 0 Å². The second-order valence-corrected chi connectivity index (χ2v) is 6.49. The molecule has 0 aliphatic rings. The van der Waals surface area contributed by atoms with Gasteiger partial charge >= 0.3 is 0 Å². The average molecular weight is 288 g/mol. The molecule has 6 rings (SSSR count). The van der Waals surface area contributed by atoms with Gasteiger partial charge < -0.3 is 0 Å². The molecule has 0 aromatic heterocycles. The summed E-state index contributed by atoms with van der Waals surface area (Å²) in [5.41, 5.74) is 1.26. The van der Waals surface area contributed by atoms with Crippen molar-refractivity contribution in [2.75, 3.05) is 0 Å². The molecular weight excluding hydrogens is 276 g/mol. The maximum Gasteiger partial charge on any atom is 0.0344 e. The molecule has 6 aromatic rings. The summed E-state index contributed by atoms with van der Waals surface area (Å²) < 4.78 is 0. The summed E-state index contributed by atoms with van der Waals surface area (Å²) in [4.78, 5) is 0. The van der Waals surface area contributed by atoms with Gasteiger partial charge in [-0.25, -0.2) is 0 Å². The van der Waals surface area contributed by atoms with Crippen molar-refractivity contribution in [1.82, 2.24) is 0 Å². The van der Waals surface area contributed by atoms with Gasteiger partial charge in [-0.3, -0.25) is 0 Å². The van der Waals surface area contributed by atoms with Gasteiger partial charge in [-0.15, -0.1) is 12.3 Å². The Labute approximate surface area is 133 Å². The highest BCUT2D eigenvalue weighted by molar-refractivity contribution is 6.44. The second-order valence-electron chi connectivity index (χ2n) is 6.49.